The first-order chi connectivity index (χ1) is 10.1. The van der Waals surface area contributed by atoms with E-state index in [-0.39, 0.29) is 29.7 Å². The Labute approximate surface area is 126 Å². The van der Waals surface area contributed by atoms with Crippen molar-refractivity contribution in [2.24, 2.45) is 29.6 Å². The zero-order valence-corrected chi connectivity index (χ0v) is 12.6. The third-order valence-electron chi connectivity index (χ3n) is 5.81. The number of carbonyl (C=O) groups is 2. The molecule has 0 aromatic carbocycles. The van der Waals surface area contributed by atoms with Crippen molar-refractivity contribution in [1.29, 1.82) is 0 Å². The van der Waals surface area contributed by atoms with Gasteiger partial charge >= 0.3 is 5.97 Å². The first-order valence-electron chi connectivity index (χ1n) is 8.33. The average molecular weight is 291 g/mol. The minimum absolute atomic E-state index is 0.0235. The zero-order chi connectivity index (χ0) is 15.0. The molecule has 0 aromatic rings. The van der Waals surface area contributed by atoms with Crippen molar-refractivity contribution in [1.82, 2.24) is 5.32 Å². The molecule has 0 radical (unpaired) electrons. The number of rotatable bonds is 4. The second-order valence-corrected chi connectivity index (χ2v) is 6.91. The van der Waals surface area contributed by atoms with Crippen molar-refractivity contribution in [2.75, 3.05) is 0 Å². The third kappa shape index (κ3) is 2.60. The summed E-state index contributed by atoms with van der Waals surface area (Å²) < 4.78 is 0. The normalized spacial score (nSPS) is 41.2. The van der Waals surface area contributed by atoms with E-state index in [1.807, 2.05) is 12.2 Å². The van der Waals surface area contributed by atoms with Crippen LogP contribution in [0.15, 0.2) is 12.2 Å². The van der Waals surface area contributed by atoms with Crippen molar-refractivity contribution < 1.29 is 14.7 Å². The van der Waals surface area contributed by atoms with Gasteiger partial charge in [0, 0.05) is 6.04 Å². The third-order valence-corrected chi connectivity index (χ3v) is 5.81. The predicted octanol–water partition coefficient (Wildman–Crippen LogP) is 2.59. The molecule has 6 unspecified atom stereocenters. The van der Waals surface area contributed by atoms with Crippen molar-refractivity contribution >= 4 is 11.9 Å². The van der Waals surface area contributed by atoms with Crippen LogP contribution in [0.4, 0.5) is 0 Å². The summed E-state index contributed by atoms with van der Waals surface area (Å²) in [5.41, 5.74) is 0. The number of hydrogen-bond acceptors (Lipinski definition) is 2. The van der Waals surface area contributed by atoms with E-state index in [1.165, 1.54) is 19.3 Å². The van der Waals surface area contributed by atoms with Crippen molar-refractivity contribution in [3.05, 3.63) is 12.2 Å². The lowest BCUT2D eigenvalue weighted by atomic mass is 9.80. The first kappa shape index (κ1) is 14.6. The molecule has 2 bridgehead atoms. The number of carboxylic acids is 1. The maximum Gasteiger partial charge on any atom is 0.307 e. The quantitative estimate of drug-likeness (QED) is 0.782. The Morgan fingerprint density at radius 2 is 1.81 bits per heavy atom. The highest BCUT2D eigenvalue weighted by atomic mass is 16.4. The molecule has 1 amide bonds. The van der Waals surface area contributed by atoms with Gasteiger partial charge in [0.2, 0.25) is 5.91 Å². The summed E-state index contributed by atoms with van der Waals surface area (Å²) in [7, 11) is 0. The van der Waals surface area contributed by atoms with Gasteiger partial charge in [0.25, 0.3) is 0 Å². The molecule has 2 saturated carbocycles. The van der Waals surface area contributed by atoms with Crippen LogP contribution in [0.5, 0.6) is 0 Å². The zero-order valence-electron chi connectivity index (χ0n) is 12.6. The number of carboxylic acid groups (broad SMARTS) is 1. The number of hydrogen-bond donors (Lipinski definition) is 2. The Kier molecular flexibility index (Phi) is 4.05. The van der Waals surface area contributed by atoms with Crippen molar-refractivity contribution in [2.45, 2.75) is 51.5 Å². The Balaban J connectivity index is 1.70. The molecule has 3 aliphatic carbocycles. The minimum Gasteiger partial charge on any atom is -0.481 e. The largest absolute Gasteiger partial charge is 0.481 e. The first-order valence-corrected chi connectivity index (χ1v) is 8.33. The highest BCUT2D eigenvalue weighted by Gasteiger charge is 2.52. The van der Waals surface area contributed by atoms with Crippen LogP contribution >= 0.6 is 0 Å². The topological polar surface area (TPSA) is 66.4 Å². The number of aliphatic carboxylic acids is 1. The molecule has 4 nitrogen and oxygen atoms in total. The second-order valence-electron chi connectivity index (χ2n) is 6.91. The fourth-order valence-electron chi connectivity index (χ4n) is 4.68. The molecular formula is C17H25NO3. The maximum absolute atomic E-state index is 12.7. The van der Waals surface area contributed by atoms with Gasteiger partial charge in [0.15, 0.2) is 0 Å². The fourth-order valence-corrected chi connectivity index (χ4v) is 4.68. The van der Waals surface area contributed by atoms with Gasteiger partial charge in [-0.15, -0.1) is 0 Å². The molecule has 6 atom stereocenters. The second kappa shape index (κ2) is 5.82. The van der Waals surface area contributed by atoms with Gasteiger partial charge in [0.05, 0.1) is 11.8 Å². The highest BCUT2D eigenvalue weighted by molar-refractivity contribution is 5.87. The van der Waals surface area contributed by atoms with Crippen LogP contribution in [0.1, 0.15) is 45.4 Å². The van der Waals surface area contributed by atoms with Crippen LogP contribution in [0.25, 0.3) is 0 Å². The van der Waals surface area contributed by atoms with Gasteiger partial charge in [-0.2, -0.15) is 0 Å². The average Bonchev–Trinajstić information content (AvgIpc) is 3.08. The summed E-state index contributed by atoms with van der Waals surface area (Å²) >= 11 is 0. The smallest absolute Gasteiger partial charge is 0.307 e. The van der Waals surface area contributed by atoms with Gasteiger partial charge in [0.1, 0.15) is 0 Å². The van der Waals surface area contributed by atoms with Crippen LogP contribution < -0.4 is 5.32 Å². The van der Waals surface area contributed by atoms with E-state index in [2.05, 4.69) is 12.2 Å². The molecule has 0 heterocycles. The summed E-state index contributed by atoms with van der Waals surface area (Å²) in [6.45, 7) is 2.18. The van der Waals surface area contributed by atoms with Crippen LogP contribution in [-0.2, 0) is 9.59 Å². The number of nitrogens with one attached hydrogen (secondary N) is 1. The lowest BCUT2D eigenvalue weighted by Crippen LogP contribution is -2.47. The molecule has 21 heavy (non-hydrogen) atoms. The lowest BCUT2D eigenvalue weighted by molar-refractivity contribution is -0.148. The molecule has 0 spiro atoms. The standard InChI is InChI=1S/C17H25NO3/c1-2-10-5-3-4-6-13(10)18-16(19)14-11-7-8-12(9-11)15(14)17(20)21/h7-8,10-15H,2-6,9H2,1H3,(H,18,19)(H,20,21). The molecule has 0 aromatic heterocycles. The molecule has 116 valence electrons. The molecule has 4 heteroatoms. The molecule has 3 rings (SSSR count). The Bertz CT molecular complexity index is 459. The van der Waals surface area contributed by atoms with Crippen LogP contribution in [0, 0.1) is 29.6 Å². The summed E-state index contributed by atoms with van der Waals surface area (Å²) in [5.74, 6) is -0.996. The summed E-state index contributed by atoms with van der Waals surface area (Å²) in [5, 5.41) is 12.6. The number of carbonyl (C=O) groups excluding carboxylic acids is 1. The van der Waals surface area contributed by atoms with Gasteiger partial charge in [-0.1, -0.05) is 38.3 Å². The summed E-state index contributed by atoms with van der Waals surface area (Å²) in [6, 6.07) is 0.244. The Hall–Kier alpha value is -1.32. The number of allylic oxidation sites excluding steroid dienone is 2. The van der Waals surface area contributed by atoms with Gasteiger partial charge < -0.3 is 10.4 Å². The van der Waals surface area contributed by atoms with Crippen LogP contribution in [0.2, 0.25) is 0 Å². The van der Waals surface area contributed by atoms with E-state index in [9.17, 15) is 14.7 Å². The number of fused-ring (bicyclic) bond motifs is 2. The summed E-state index contributed by atoms with van der Waals surface area (Å²) in [6.07, 6.45) is 10.6. The van der Waals surface area contributed by atoms with Crippen molar-refractivity contribution in [3.63, 3.8) is 0 Å². The minimum atomic E-state index is -0.817. The molecule has 0 saturated heterocycles. The fraction of sp³-hybridized carbons (Fsp3) is 0.765. The van der Waals surface area contributed by atoms with Crippen LogP contribution in [-0.4, -0.2) is 23.0 Å². The van der Waals surface area contributed by atoms with E-state index >= 15 is 0 Å². The van der Waals surface area contributed by atoms with Gasteiger partial charge in [-0.3, -0.25) is 9.59 Å². The molecule has 3 aliphatic rings. The van der Waals surface area contributed by atoms with Gasteiger partial charge in [-0.25, -0.2) is 0 Å². The Morgan fingerprint density at radius 3 is 2.48 bits per heavy atom. The van der Waals surface area contributed by atoms with E-state index in [4.69, 9.17) is 0 Å². The van der Waals surface area contributed by atoms with E-state index < -0.39 is 11.9 Å². The van der Waals surface area contributed by atoms with E-state index in [0.29, 0.717) is 5.92 Å². The predicted molar refractivity (Wildman–Crippen MR) is 79.5 cm³/mol. The van der Waals surface area contributed by atoms with Crippen molar-refractivity contribution in [3.8, 4) is 0 Å². The monoisotopic (exact) mass is 291 g/mol. The van der Waals surface area contributed by atoms with Gasteiger partial charge in [-0.05, 0) is 37.0 Å². The maximum atomic E-state index is 12.7. The summed E-state index contributed by atoms with van der Waals surface area (Å²) in [4.78, 5) is 24.2. The Morgan fingerprint density at radius 1 is 1.14 bits per heavy atom. The number of amides is 1. The SMILES string of the molecule is CCC1CCCCC1NC(=O)C1C2C=CC(C2)C1C(=O)O. The molecular weight excluding hydrogens is 266 g/mol. The van der Waals surface area contributed by atoms with E-state index in [0.717, 1.165) is 19.3 Å². The van der Waals surface area contributed by atoms with Crippen LogP contribution in [0.3, 0.4) is 0 Å². The molecule has 0 aliphatic heterocycles. The molecule has 2 fully saturated rings. The molecule has 2 N–H and O–H groups in total. The lowest BCUT2D eigenvalue weighted by Gasteiger charge is -2.34. The highest BCUT2D eigenvalue weighted by Crippen LogP contribution is 2.48. The van der Waals surface area contributed by atoms with E-state index in [1.54, 1.807) is 0 Å².